The number of hydrogen-bond acceptors (Lipinski definition) is 5. The highest BCUT2D eigenvalue weighted by atomic mass is 32.2. The van der Waals surface area contributed by atoms with E-state index >= 15 is 0 Å². The number of nitrogens with zero attached hydrogens (tertiary/aromatic N) is 3. The van der Waals surface area contributed by atoms with E-state index in [9.17, 15) is 14.4 Å². The number of para-hydroxylation sites is 1. The molecule has 1 aliphatic heterocycles. The number of fused-ring (bicyclic) bond motifs is 1. The molecular formula is C23H23N3O3S. The third-order valence-corrected chi connectivity index (χ3v) is 6.13. The Morgan fingerprint density at radius 3 is 2.67 bits per heavy atom. The first-order valence-corrected chi connectivity index (χ1v) is 11.0. The number of aromatic nitrogens is 2. The molecule has 7 heteroatoms. The van der Waals surface area contributed by atoms with E-state index in [4.69, 9.17) is 0 Å². The summed E-state index contributed by atoms with van der Waals surface area (Å²) in [7, 11) is 0. The van der Waals surface area contributed by atoms with E-state index in [1.54, 1.807) is 33.7 Å². The minimum atomic E-state index is -0.0971. The van der Waals surface area contributed by atoms with Gasteiger partial charge in [-0.25, -0.2) is 4.98 Å². The minimum Gasteiger partial charge on any atom is -0.312 e. The highest BCUT2D eigenvalue weighted by Crippen LogP contribution is 2.25. The maximum absolute atomic E-state index is 12.9. The maximum Gasteiger partial charge on any atom is 0.262 e. The molecule has 154 valence electrons. The number of thioether (sulfide) groups is 1. The number of amides is 1. The molecule has 6 nitrogen and oxygen atoms in total. The molecule has 0 bridgehead atoms. The van der Waals surface area contributed by atoms with Crippen LogP contribution < -0.4 is 10.5 Å². The molecule has 1 aromatic heterocycles. The average molecular weight is 422 g/mol. The van der Waals surface area contributed by atoms with Gasteiger partial charge in [-0.1, -0.05) is 36.0 Å². The lowest BCUT2D eigenvalue weighted by atomic mass is 10.1. The molecule has 2 heterocycles. The van der Waals surface area contributed by atoms with Gasteiger partial charge in [0.25, 0.3) is 5.56 Å². The number of rotatable bonds is 6. The van der Waals surface area contributed by atoms with Gasteiger partial charge < -0.3 is 4.90 Å². The molecule has 0 unspecified atom stereocenters. The Hall–Kier alpha value is -2.93. The fraction of sp³-hybridized carbons (Fsp3) is 0.304. The summed E-state index contributed by atoms with van der Waals surface area (Å²) in [5, 5.41) is 1.11. The Kier molecular flexibility index (Phi) is 5.72. The van der Waals surface area contributed by atoms with Crippen LogP contribution in [0.15, 0.2) is 58.5 Å². The minimum absolute atomic E-state index is 0.0637. The van der Waals surface area contributed by atoms with E-state index in [2.05, 4.69) is 4.98 Å². The van der Waals surface area contributed by atoms with Crippen LogP contribution in [-0.4, -0.2) is 33.5 Å². The third-order valence-electron chi connectivity index (χ3n) is 5.18. The number of anilines is 1. The topological polar surface area (TPSA) is 72.3 Å². The molecule has 1 aliphatic rings. The second kappa shape index (κ2) is 8.44. The van der Waals surface area contributed by atoms with E-state index in [0.717, 1.165) is 12.1 Å². The number of carbonyl (C=O) groups excluding carboxylic acids is 2. The summed E-state index contributed by atoms with van der Waals surface area (Å²) in [6.45, 7) is 4.55. The largest absolute Gasteiger partial charge is 0.312 e. The van der Waals surface area contributed by atoms with E-state index in [-0.39, 0.29) is 29.0 Å². The van der Waals surface area contributed by atoms with E-state index in [1.807, 2.05) is 38.1 Å². The maximum atomic E-state index is 12.9. The Morgan fingerprint density at radius 2 is 1.93 bits per heavy atom. The summed E-state index contributed by atoms with van der Waals surface area (Å²) < 4.78 is 1.64. The Labute approximate surface area is 178 Å². The first kappa shape index (κ1) is 20.3. The van der Waals surface area contributed by atoms with Gasteiger partial charge in [-0.15, -0.1) is 0 Å². The van der Waals surface area contributed by atoms with Crippen LogP contribution >= 0.6 is 11.8 Å². The number of ketones is 1. The average Bonchev–Trinajstić information content (AvgIpc) is 3.17. The van der Waals surface area contributed by atoms with Crippen molar-refractivity contribution in [2.75, 3.05) is 17.2 Å². The van der Waals surface area contributed by atoms with Crippen LogP contribution in [0.4, 0.5) is 5.69 Å². The van der Waals surface area contributed by atoms with E-state index < -0.39 is 0 Å². The lowest BCUT2D eigenvalue weighted by molar-refractivity contribution is -0.117. The molecule has 0 radical (unpaired) electrons. The van der Waals surface area contributed by atoms with Crippen molar-refractivity contribution in [2.24, 2.45) is 0 Å². The predicted octanol–water partition coefficient (Wildman–Crippen LogP) is 4.08. The normalized spacial score (nSPS) is 14.1. The number of Topliss-reactive ketones (excluding diaryl/α,β-unsaturated/α-hetero) is 1. The molecule has 0 N–H and O–H groups in total. The van der Waals surface area contributed by atoms with Gasteiger partial charge in [-0.05, 0) is 44.5 Å². The van der Waals surface area contributed by atoms with Gasteiger partial charge in [0.2, 0.25) is 5.91 Å². The predicted molar refractivity (Wildman–Crippen MR) is 119 cm³/mol. The molecule has 0 spiro atoms. The van der Waals surface area contributed by atoms with E-state index in [0.29, 0.717) is 34.6 Å². The quantitative estimate of drug-likeness (QED) is 0.341. The van der Waals surface area contributed by atoms with Crippen molar-refractivity contribution in [3.05, 3.63) is 64.4 Å². The molecule has 1 fully saturated rings. The standard InChI is InChI=1S/C23H23N3O3S/c1-15(2)26-22(29)18-9-3-4-10-19(18)24-23(26)30-14-20(27)16-7-5-8-17(13-16)25-12-6-11-21(25)28/h3-5,7-10,13,15H,6,11-12,14H2,1-2H3. The van der Waals surface area contributed by atoms with Gasteiger partial charge in [-0.3, -0.25) is 19.0 Å². The second-order valence-corrected chi connectivity index (χ2v) is 8.53. The monoisotopic (exact) mass is 421 g/mol. The fourth-order valence-corrected chi connectivity index (χ4v) is 4.69. The molecule has 2 aromatic carbocycles. The summed E-state index contributed by atoms with van der Waals surface area (Å²) in [5.74, 6) is 0.191. The molecule has 1 amide bonds. The van der Waals surface area contributed by atoms with Gasteiger partial charge in [0.1, 0.15) is 0 Å². The Bertz CT molecular complexity index is 1190. The Morgan fingerprint density at radius 1 is 1.13 bits per heavy atom. The van der Waals surface area contributed by atoms with E-state index in [1.165, 1.54) is 11.8 Å². The van der Waals surface area contributed by atoms with Crippen molar-refractivity contribution >= 4 is 40.0 Å². The summed E-state index contributed by atoms with van der Waals surface area (Å²) in [6.07, 6.45) is 1.39. The van der Waals surface area contributed by atoms with Crippen molar-refractivity contribution in [1.82, 2.24) is 9.55 Å². The van der Waals surface area contributed by atoms with Gasteiger partial charge in [0.15, 0.2) is 10.9 Å². The van der Waals surface area contributed by atoms with Gasteiger partial charge in [-0.2, -0.15) is 0 Å². The molecule has 30 heavy (non-hydrogen) atoms. The lowest BCUT2D eigenvalue weighted by Crippen LogP contribution is -2.25. The van der Waals surface area contributed by atoms with Crippen LogP contribution in [-0.2, 0) is 4.79 Å². The first-order valence-electron chi connectivity index (χ1n) is 10.0. The van der Waals surface area contributed by atoms with Crippen LogP contribution in [0.3, 0.4) is 0 Å². The van der Waals surface area contributed by atoms with Crippen LogP contribution in [0.5, 0.6) is 0 Å². The van der Waals surface area contributed by atoms with Crippen LogP contribution in [0.2, 0.25) is 0 Å². The summed E-state index contributed by atoms with van der Waals surface area (Å²) in [4.78, 5) is 44.1. The smallest absolute Gasteiger partial charge is 0.262 e. The summed E-state index contributed by atoms with van der Waals surface area (Å²) in [5.41, 5.74) is 1.85. The zero-order valence-corrected chi connectivity index (χ0v) is 17.8. The molecule has 1 saturated heterocycles. The number of benzene rings is 2. The van der Waals surface area contributed by atoms with Crippen LogP contribution in [0, 0.1) is 0 Å². The van der Waals surface area contributed by atoms with Crippen molar-refractivity contribution in [1.29, 1.82) is 0 Å². The molecule has 3 aromatic rings. The van der Waals surface area contributed by atoms with Gasteiger partial charge >= 0.3 is 0 Å². The molecule has 0 saturated carbocycles. The third kappa shape index (κ3) is 3.89. The van der Waals surface area contributed by atoms with Crippen molar-refractivity contribution in [3.63, 3.8) is 0 Å². The highest BCUT2D eigenvalue weighted by molar-refractivity contribution is 7.99. The molecular weight excluding hydrogens is 398 g/mol. The van der Waals surface area contributed by atoms with Crippen molar-refractivity contribution in [2.45, 2.75) is 37.9 Å². The van der Waals surface area contributed by atoms with Gasteiger partial charge in [0, 0.05) is 30.3 Å². The lowest BCUT2D eigenvalue weighted by Gasteiger charge is -2.17. The molecule has 4 rings (SSSR count). The zero-order valence-electron chi connectivity index (χ0n) is 17.0. The molecule has 0 atom stereocenters. The SMILES string of the molecule is CC(C)n1c(SCC(=O)c2cccc(N3CCCC3=O)c2)nc2ccccc2c1=O. The summed E-state index contributed by atoms with van der Waals surface area (Å²) in [6, 6.07) is 14.4. The summed E-state index contributed by atoms with van der Waals surface area (Å²) >= 11 is 1.27. The van der Waals surface area contributed by atoms with Gasteiger partial charge in [0.05, 0.1) is 16.7 Å². The van der Waals surface area contributed by atoms with Crippen LogP contribution in [0.1, 0.15) is 43.1 Å². The molecule has 0 aliphatic carbocycles. The fourth-order valence-electron chi connectivity index (χ4n) is 3.66. The number of hydrogen-bond donors (Lipinski definition) is 0. The second-order valence-electron chi connectivity index (χ2n) is 7.59. The Balaban J connectivity index is 1.58. The van der Waals surface area contributed by atoms with Crippen LogP contribution in [0.25, 0.3) is 10.9 Å². The highest BCUT2D eigenvalue weighted by Gasteiger charge is 2.22. The number of carbonyl (C=O) groups is 2. The van der Waals surface area contributed by atoms with Crippen molar-refractivity contribution in [3.8, 4) is 0 Å². The van der Waals surface area contributed by atoms with Crippen molar-refractivity contribution < 1.29 is 9.59 Å². The zero-order chi connectivity index (χ0) is 21.3. The first-order chi connectivity index (χ1) is 14.5.